The zero-order valence-corrected chi connectivity index (χ0v) is 24.6. The predicted octanol–water partition coefficient (Wildman–Crippen LogP) is 6.69. The molecule has 2 heterocycles. The van der Waals surface area contributed by atoms with E-state index in [2.05, 4.69) is 15.0 Å². The van der Waals surface area contributed by atoms with E-state index in [9.17, 15) is 26.4 Å². The molecule has 3 aromatic rings. The number of sulfonamides is 1. The minimum Gasteiger partial charge on any atom is -0.460 e. The highest BCUT2D eigenvalue weighted by molar-refractivity contribution is 7.89. The largest absolute Gasteiger partial charge is 0.460 e. The highest BCUT2D eigenvalue weighted by Gasteiger charge is 2.80. The van der Waals surface area contributed by atoms with Gasteiger partial charge in [0.25, 0.3) is 10.0 Å². The van der Waals surface area contributed by atoms with Crippen LogP contribution in [0.4, 0.5) is 18.9 Å². The molecule has 2 aromatic heterocycles. The third-order valence-electron chi connectivity index (χ3n) is 7.87. The van der Waals surface area contributed by atoms with Gasteiger partial charge in [0.1, 0.15) is 16.5 Å². The number of hydrogen-bond acceptors (Lipinski definition) is 6. The standard InChI is InChI=1S/C28H31ClF3N3O4S/c1-14-9-17(16(3)33-19-7-8-20(29)34-24(19)40(37,38)35-25(4,5)6)22-18(10-14)21(36)15(2)23(39-22)26-11-27(12-26,13-26)28(30,31)32/h7-10,16,33,35H,11-13H2,1-6H3. The third kappa shape index (κ3) is 4.59. The maximum atomic E-state index is 13.5. The summed E-state index contributed by atoms with van der Waals surface area (Å²) in [6, 6.07) is 5.89. The lowest BCUT2D eigenvalue weighted by Gasteiger charge is -2.69. The van der Waals surface area contributed by atoms with Crippen LogP contribution in [0.2, 0.25) is 5.15 Å². The van der Waals surface area contributed by atoms with Crippen molar-refractivity contribution in [3.8, 4) is 0 Å². The Labute approximate surface area is 235 Å². The molecule has 3 aliphatic rings. The highest BCUT2D eigenvalue weighted by atomic mass is 35.5. The molecule has 1 atom stereocenters. The van der Waals surface area contributed by atoms with Gasteiger partial charge in [0.15, 0.2) is 10.5 Å². The number of aryl methyl sites for hydroxylation is 1. The first-order chi connectivity index (χ1) is 18.3. The number of nitrogens with zero attached hydrogens (tertiary/aromatic N) is 1. The van der Waals surface area contributed by atoms with Crippen LogP contribution in [-0.2, 0) is 15.4 Å². The van der Waals surface area contributed by atoms with Gasteiger partial charge < -0.3 is 9.73 Å². The average molecular weight is 598 g/mol. The zero-order valence-electron chi connectivity index (χ0n) is 23.0. The van der Waals surface area contributed by atoms with Crippen LogP contribution in [0.25, 0.3) is 11.0 Å². The van der Waals surface area contributed by atoms with Crippen molar-refractivity contribution in [3.63, 3.8) is 0 Å². The quantitative estimate of drug-likeness (QED) is 0.307. The summed E-state index contributed by atoms with van der Waals surface area (Å²) < 4.78 is 75.8. The number of benzene rings is 1. The van der Waals surface area contributed by atoms with Crippen LogP contribution < -0.4 is 15.5 Å². The Morgan fingerprint density at radius 2 is 1.73 bits per heavy atom. The van der Waals surface area contributed by atoms with E-state index in [0.717, 1.165) is 5.56 Å². The fourth-order valence-corrected chi connectivity index (χ4v) is 7.96. The lowest BCUT2D eigenvalue weighted by molar-refractivity contribution is -0.340. The normalized spacial score (nSPS) is 23.4. The van der Waals surface area contributed by atoms with Gasteiger partial charge in [-0.05, 0) is 84.6 Å². The fraction of sp³-hybridized carbons (Fsp3) is 0.500. The number of hydrogen-bond donors (Lipinski definition) is 2. The van der Waals surface area contributed by atoms with Crippen LogP contribution in [0, 0.1) is 19.3 Å². The number of alkyl halides is 3. The minimum absolute atomic E-state index is 0.00482. The minimum atomic E-state index is -4.28. The fourth-order valence-electron chi connectivity index (χ4n) is 6.22. The molecule has 7 nitrogen and oxygen atoms in total. The first-order valence-corrected chi connectivity index (χ1v) is 14.8. The second-order valence-electron chi connectivity index (χ2n) is 12.4. The topological polar surface area (TPSA) is 101 Å². The monoisotopic (exact) mass is 597 g/mol. The zero-order chi connectivity index (χ0) is 29.6. The smallest absolute Gasteiger partial charge is 0.394 e. The molecule has 12 heteroatoms. The van der Waals surface area contributed by atoms with Gasteiger partial charge in [-0.3, -0.25) is 4.79 Å². The second kappa shape index (κ2) is 8.93. The molecule has 3 saturated carbocycles. The molecule has 1 unspecified atom stereocenters. The van der Waals surface area contributed by atoms with Gasteiger partial charge >= 0.3 is 6.18 Å². The van der Waals surface area contributed by atoms with E-state index in [1.807, 2.05) is 13.0 Å². The number of aromatic nitrogens is 1. The van der Waals surface area contributed by atoms with Crippen molar-refractivity contribution in [1.29, 1.82) is 0 Å². The molecule has 2 N–H and O–H groups in total. The number of fused-ring (bicyclic) bond motifs is 1. The molecule has 0 saturated heterocycles. The van der Waals surface area contributed by atoms with Crippen LogP contribution in [0.5, 0.6) is 0 Å². The van der Waals surface area contributed by atoms with Crippen molar-refractivity contribution in [2.75, 3.05) is 5.32 Å². The average Bonchev–Trinajstić information content (AvgIpc) is 2.73. The van der Waals surface area contributed by atoms with Crippen LogP contribution >= 0.6 is 11.6 Å². The number of halogens is 4. The molecular weight excluding hydrogens is 567 g/mol. The van der Waals surface area contributed by atoms with Crippen molar-refractivity contribution in [2.24, 2.45) is 5.41 Å². The molecule has 1 aromatic carbocycles. The lowest BCUT2D eigenvalue weighted by atomic mass is 9.34. The molecule has 0 aliphatic heterocycles. The summed E-state index contributed by atoms with van der Waals surface area (Å²) in [5.41, 5.74) is -1.45. The van der Waals surface area contributed by atoms with Gasteiger partial charge in [0.05, 0.1) is 22.5 Å². The Kier molecular flexibility index (Phi) is 6.45. The summed E-state index contributed by atoms with van der Waals surface area (Å²) in [7, 11) is -4.07. The molecule has 0 amide bonds. The van der Waals surface area contributed by atoms with E-state index in [4.69, 9.17) is 16.0 Å². The van der Waals surface area contributed by atoms with E-state index < -0.39 is 38.6 Å². The Morgan fingerprint density at radius 3 is 2.30 bits per heavy atom. The van der Waals surface area contributed by atoms with E-state index in [1.165, 1.54) is 12.1 Å². The van der Waals surface area contributed by atoms with E-state index in [-0.39, 0.29) is 46.1 Å². The third-order valence-corrected chi connectivity index (χ3v) is 9.78. The van der Waals surface area contributed by atoms with Crippen molar-refractivity contribution < 1.29 is 26.0 Å². The Bertz CT molecular complexity index is 1690. The first-order valence-electron chi connectivity index (χ1n) is 12.9. The molecule has 40 heavy (non-hydrogen) atoms. The Balaban J connectivity index is 1.57. The number of anilines is 1. The van der Waals surface area contributed by atoms with E-state index in [1.54, 1.807) is 40.7 Å². The summed E-state index contributed by atoms with van der Waals surface area (Å²) >= 11 is 6.05. The molecule has 6 rings (SSSR count). The number of pyridine rings is 1. The van der Waals surface area contributed by atoms with Gasteiger partial charge in [-0.2, -0.15) is 13.2 Å². The summed E-state index contributed by atoms with van der Waals surface area (Å²) in [6.45, 7) is 10.3. The maximum absolute atomic E-state index is 13.5. The predicted molar refractivity (Wildman–Crippen MR) is 147 cm³/mol. The number of rotatable bonds is 6. The molecule has 216 valence electrons. The SMILES string of the molecule is Cc1cc(C(C)Nc2ccc(Cl)nc2S(=O)(=O)NC(C)(C)C)c2oc(C34CC(C(F)(F)F)(C3)C4)c(C)c(=O)c2c1. The summed E-state index contributed by atoms with van der Waals surface area (Å²) in [4.78, 5) is 17.5. The van der Waals surface area contributed by atoms with Gasteiger partial charge in [-0.15, -0.1) is 0 Å². The van der Waals surface area contributed by atoms with Crippen LogP contribution in [-0.4, -0.2) is 25.1 Å². The highest BCUT2D eigenvalue weighted by Crippen LogP contribution is 2.78. The van der Waals surface area contributed by atoms with Crippen LogP contribution in [0.3, 0.4) is 0 Å². The molecule has 3 aliphatic carbocycles. The van der Waals surface area contributed by atoms with E-state index >= 15 is 0 Å². The van der Waals surface area contributed by atoms with E-state index in [0.29, 0.717) is 22.3 Å². The first kappa shape index (κ1) is 28.9. The summed E-state index contributed by atoms with van der Waals surface area (Å²) in [5, 5.41) is 3.19. The van der Waals surface area contributed by atoms with Gasteiger partial charge in [0.2, 0.25) is 0 Å². The van der Waals surface area contributed by atoms with Crippen molar-refractivity contribution in [2.45, 2.75) is 89.0 Å². The Morgan fingerprint density at radius 1 is 1.10 bits per heavy atom. The second-order valence-corrected chi connectivity index (χ2v) is 14.4. The van der Waals surface area contributed by atoms with Gasteiger partial charge in [-0.1, -0.05) is 17.7 Å². The van der Waals surface area contributed by atoms with Crippen LogP contribution in [0.1, 0.15) is 75.4 Å². The molecule has 2 bridgehead atoms. The van der Waals surface area contributed by atoms with Gasteiger partial charge in [0, 0.05) is 22.1 Å². The molecule has 0 radical (unpaired) electrons. The summed E-state index contributed by atoms with van der Waals surface area (Å²) in [6.07, 6.45) is -4.56. The summed E-state index contributed by atoms with van der Waals surface area (Å²) in [5.74, 6) is 0.305. The van der Waals surface area contributed by atoms with Crippen molar-refractivity contribution in [1.82, 2.24) is 9.71 Å². The van der Waals surface area contributed by atoms with Crippen molar-refractivity contribution >= 4 is 38.3 Å². The number of nitrogens with one attached hydrogen (secondary N) is 2. The lowest BCUT2D eigenvalue weighted by Crippen LogP contribution is -2.70. The van der Waals surface area contributed by atoms with Crippen LogP contribution in [0.15, 0.2) is 38.5 Å². The molecule has 3 fully saturated rings. The molecule has 0 spiro atoms. The van der Waals surface area contributed by atoms with Crippen molar-refractivity contribution in [3.05, 3.63) is 62.1 Å². The molecular formula is C28H31ClF3N3O4S. The maximum Gasteiger partial charge on any atom is 0.394 e. The Hall–Kier alpha value is -2.63. The van der Waals surface area contributed by atoms with Gasteiger partial charge in [-0.25, -0.2) is 18.1 Å².